The number of ketones is 1. The van der Waals surface area contributed by atoms with Crippen molar-refractivity contribution in [1.29, 1.82) is 0 Å². The number of fused-ring (bicyclic) bond motifs is 1. The first-order valence-electron chi connectivity index (χ1n) is 9.40. The Morgan fingerprint density at radius 2 is 1.70 bits per heavy atom. The lowest BCUT2D eigenvalue weighted by Gasteiger charge is -2.05. The molecule has 0 unspecified atom stereocenters. The minimum atomic E-state index is -1.04. The fraction of sp³-hybridized carbons (Fsp3) is 0.0400. The van der Waals surface area contributed by atoms with Gasteiger partial charge in [0, 0.05) is 35.3 Å². The lowest BCUT2D eigenvalue weighted by molar-refractivity contribution is -0.131. The molecule has 1 aromatic heterocycles. The third-order valence-corrected chi connectivity index (χ3v) is 4.86. The first-order valence-corrected chi connectivity index (χ1v) is 9.40. The molecule has 5 heteroatoms. The van der Waals surface area contributed by atoms with Crippen LogP contribution in [0.5, 0.6) is 0 Å². The Bertz CT molecular complexity index is 1260. The molecular formula is C25H18FNO3. The smallest absolute Gasteiger partial charge is 0.328 e. The Labute approximate surface area is 172 Å². The standard InChI is InChI=1S/C25H18FNO3/c26-19-10-6-18(7-11-19)15-24(28)22-16-27(20-4-2-1-3-5-20)23-12-8-17(14-21(22)23)9-13-25(29)30/h1-14,16H,15H2,(H,29,30)/b13-9+. The average molecular weight is 399 g/mol. The van der Waals surface area contributed by atoms with Crippen molar-refractivity contribution >= 4 is 28.7 Å². The van der Waals surface area contributed by atoms with Crippen LogP contribution in [0, 0.1) is 5.82 Å². The van der Waals surface area contributed by atoms with Crippen molar-refractivity contribution in [3.05, 3.63) is 108 Å². The summed E-state index contributed by atoms with van der Waals surface area (Å²) >= 11 is 0. The maximum Gasteiger partial charge on any atom is 0.328 e. The van der Waals surface area contributed by atoms with E-state index in [0.717, 1.165) is 28.2 Å². The number of hydrogen-bond acceptors (Lipinski definition) is 2. The van der Waals surface area contributed by atoms with Crippen molar-refractivity contribution in [1.82, 2.24) is 4.57 Å². The van der Waals surface area contributed by atoms with E-state index in [1.807, 2.05) is 53.1 Å². The van der Waals surface area contributed by atoms with Crippen molar-refractivity contribution in [2.75, 3.05) is 0 Å². The van der Waals surface area contributed by atoms with Crippen molar-refractivity contribution in [3.63, 3.8) is 0 Å². The molecular weight excluding hydrogens is 381 g/mol. The van der Waals surface area contributed by atoms with Gasteiger partial charge in [-0.1, -0.05) is 36.4 Å². The summed E-state index contributed by atoms with van der Waals surface area (Å²) in [7, 11) is 0. The highest BCUT2D eigenvalue weighted by atomic mass is 19.1. The summed E-state index contributed by atoms with van der Waals surface area (Å²) in [6, 6.07) is 21.0. The molecule has 0 atom stereocenters. The van der Waals surface area contributed by atoms with Crippen LogP contribution >= 0.6 is 0 Å². The Morgan fingerprint density at radius 1 is 0.967 bits per heavy atom. The van der Waals surface area contributed by atoms with Gasteiger partial charge in [-0.3, -0.25) is 4.79 Å². The van der Waals surface area contributed by atoms with E-state index >= 15 is 0 Å². The number of carboxylic acids is 1. The number of nitrogens with zero attached hydrogens (tertiary/aromatic N) is 1. The summed E-state index contributed by atoms with van der Waals surface area (Å²) in [6.45, 7) is 0. The predicted octanol–water partition coefficient (Wildman–Crippen LogP) is 5.29. The molecule has 0 bridgehead atoms. The molecule has 0 radical (unpaired) electrons. The number of carbonyl (C=O) groups is 2. The number of carboxylic acid groups (broad SMARTS) is 1. The molecule has 4 aromatic rings. The zero-order valence-electron chi connectivity index (χ0n) is 16.0. The van der Waals surface area contributed by atoms with Gasteiger partial charge in [0.05, 0.1) is 5.52 Å². The number of carbonyl (C=O) groups excluding carboxylic acids is 1. The SMILES string of the molecule is O=C(O)/C=C/c1ccc2c(c1)c(C(=O)Cc1ccc(F)cc1)cn2-c1ccccc1. The highest BCUT2D eigenvalue weighted by Gasteiger charge is 2.17. The zero-order valence-corrected chi connectivity index (χ0v) is 16.0. The van der Waals surface area contributed by atoms with Crippen LogP contribution in [0.1, 0.15) is 21.5 Å². The zero-order chi connectivity index (χ0) is 21.1. The van der Waals surface area contributed by atoms with Crippen molar-refractivity contribution in [2.45, 2.75) is 6.42 Å². The number of aliphatic carboxylic acids is 1. The van der Waals surface area contributed by atoms with E-state index in [2.05, 4.69) is 0 Å². The average Bonchev–Trinajstić information content (AvgIpc) is 3.13. The second kappa shape index (κ2) is 8.17. The van der Waals surface area contributed by atoms with Crippen molar-refractivity contribution in [2.24, 2.45) is 0 Å². The van der Waals surface area contributed by atoms with E-state index in [0.29, 0.717) is 11.1 Å². The van der Waals surface area contributed by atoms with Crippen LogP contribution in [0.2, 0.25) is 0 Å². The highest BCUT2D eigenvalue weighted by Crippen LogP contribution is 2.28. The number of hydrogen-bond donors (Lipinski definition) is 1. The second-order valence-corrected chi connectivity index (χ2v) is 6.92. The third-order valence-electron chi connectivity index (χ3n) is 4.86. The van der Waals surface area contributed by atoms with Crippen LogP contribution < -0.4 is 0 Å². The van der Waals surface area contributed by atoms with Crippen molar-refractivity contribution < 1.29 is 19.1 Å². The topological polar surface area (TPSA) is 59.3 Å². The minimum Gasteiger partial charge on any atom is -0.478 e. The summed E-state index contributed by atoms with van der Waals surface area (Å²) in [4.78, 5) is 24.0. The van der Waals surface area contributed by atoms with Gasteiger partial charge >= 0.3 is 5.97 Å². The normalized spacial score (nSPS) is 11.2. The lowest BCUT2D eigenvalue weighted by Crippen LogP contribution is -2.03. The van der Waals surface area contributed by atoms with Crippen LogP contribution in [-0.4, -0.2) is 21.4 Å². The monoisotopic (exact) mass is 399 g/mol. The molecule has 148 valence electrons. The van der Waals surface area contributed by atoms with Crippen molar-refractivity contribution in [3.8, 4) is 5.69 Å². The minimum absolute atomic E-state index is 0.0966. The van der Waals surface area contributed by atoms with Crippen LogP contribution in [0.4, 0.5) is 4.39 Å². The van der Waals surface area contributed by atoms with E-state index in [1.54, 1.807) is 18.3 Å². The molecule has 0 amide bonds. The molecule has 0 spiro atoms. The molecule has 3 aromatic carbocycles. The molecule has 0 aliphatic carbocycles. The third kappa shape index (κ3) is 4.05. The molecule has 1 N–H and O–H groups in total. The molecule has 1 heterocycles. The van der Waals surface area contributed by atoms with Crippen LogP contribution in [0.3, 0.4) is 0 Å². The largest absolute Gasteiger partial charge is 0.478 e. The number of para-hydroxylation sites is 1. The van der Waals surface area contributed by atoms with Gasteiger partial charge in [-0.2, -0.15) is 0 Å². The first kappa shape index (κ1) is 19.3. The predicted molar refractivity (Wildman–Crippen MR) is 114 cm³/mol. The van der Waals surface area contributed by atoms with Gasteiger partial charge in [0.2, 0.25) is 0 Å². The second-order valence-electron chi connectivity index (χ2n) is 6.92. The number of Topliss-reactive ketones (excluding diaryl/α,β-unsaturated/α-hetero) is 1. The number of benzene rings is 3. The molecule has 4 rings (SSSR count). The fourth-order valence-electron chi connectivity index (χ4n) is 3.43. The first-order chi connectivity index (χ1) is 14.5. The molecule has 0 saturated carbocycles. The van der Waals surface area contributed by atoms with Crippen LogP contribution in [0.25, 0.3) is 22.7 Å². The van der Waals surface area contributed by atoms with Gasteiger partial charge < -0.3 is 9.67 Å². The summed E-state index contributed by atoms with van der Waals surface area (Å²) in [5.41, 5.74) is 3.70. The Hall–Kier alpha value is -3.99. The van der Waals surface area contributed by atoms with E-state index in [-0.39, 0.29) is 18.0 Å². The Kier molecular flexibility index (Phi) is 5.26. The number of aromatic nitrogens is 1. The quantitative estimate of drug-likeness (QED) is 0.354. The molecule has 30 heavy (non-hydrogen) atoms. The molecule has 0 fully saturated rings. The Morgan fingerprint density at radius 3 is 2.40 bits per heavy atom. The number of rotatable bonds is 6. The van der Waals surface area contributed by atoms with Gasteiger partial charge in [0.25, 0.3) is 0 Å². The number of halogens is 1. The molecule has 0 saturated heterocycles. The van der Waals surface area contributed by atoms with E-state index in [1.165, 1.54) is 18.2 Å². The van der Waals surface area contributed by atoms with Gasteiger partial charge in [-0.05, 0) is 53.6 Å². The van der Waals surface area contributed by atoms with Crippen LogP contribution in [0.15, 0.2) is 85.1 Å². The highest BCUT2D eigenvalue weighted by molar-refractivity contribution is 6.09. The van der Waals surface area contributed by atoms with Gasteiger partial charge in [-0.15, -0.1) is 0 Å². The summed E-state index contributed by atoms with van der Waals surface area (Å²) in [5, 5.41) is 9.63. The summed E-state index contributed by atoms with van der Waals surface area (Å²) < 4.78 is 15.1. The van der Waals surface area contributed by atoms with Gasteiger partial charge in [-0.25, -0.2) is 9.18 Å². The summed E-state index contributed by atoms with van der Waals surface area (Å²) in [6.07, 6.45) is 4.51. The van der Waals surface area contributed by atoms with Gasteiger partial charge in [0.15, 0.2) is 5.78 Å². The van der Waals surface area contributed by atoms with E-state index < -0.39 is 5.97 Å². The fourth-order valence-corrected chi connectivity index (χ4v) is 3.43. The van der Waals surface area contributed by atoms with Crippen LogP contribution in [-0.2, 0) is 11.2 Å². The molecule has 0 aliphatic heterocycles. The maximum atomic E-state index is 13.2. The summed E-state index contributed by atoms with van der Waals surface area (Å²) in [5.74, 6) is -1.48. The van der Waals surface area contributed by atoms with Gasteiger partial charge in [0.1, 0.15) is 5.82 Å². The molecule has 4 nitrogen and oxygen atoms in total. The maximum absolute atomic E-state index is 13.2. The lowest BCUT2D eigenvalue weighted by atomic mass is 10.0. The molecule has 0 aliphatic rings. The van der Waals surface area contributed by atoms with E-state index in [9.17, 15) is 14.0 Å². The van der Waals surface area contributed by atoms with E-state index in [4.69, 9.17) is 5.11 Å². The Balaban J connectivity index is 1.81.